The van der Waals surface area contributed by atoms with Gasteiger partial charge in [0.1, 0.15) is 11.6 Å². The zero-order valence-electron chi connectivity index (χ0n) is 22.2. The molecule has 1 saturated heterocycles. The predicted octanol–water partition coefficient (Wildman–Crippen LogP) is 5.51. The molecule has 3 heterocycles. The SMILES string of the molecule is CCCCCC(=O)OCn1c(=O)cc(O)c2ccc(CCN3CCN(c4cc(F)cc5sccc45)CC3)cc21. The van der Waals surface area contributed by atoms with Gasteiger partial charge >= 0.3 is 5.97 Å². The van der Waals surface area contributed by atoms with Crippen LogP contribution in [0.5, 0.6) is 5.75 Å². The molecule has 1 N–H and O–H groups in total. The van der Waals surface area contributed by atoms with Gasteiger partial charge in [-0.15, -0.1) is 11.3 Å². The molecule has 1 aliphatic heterocycles. The molecule has 0 radical (unpaired) electrons. The fourth-order valence-electron chi connectivity index (χ4n) is 5.21. The minimum atomic E-state index is -0.410. The topological polar surface area (TPSA) is 75.0 Å². The largest absolute Gasteiger partial charge is 0.507 e. The van der Waals surface area contributed by atoms with Crippen LogP contribution in [0, 0.1) is 5.82 Å². The molecule has 1 aliphatic rings. The van der Waals surface area contributed by atoms with E-state index in [-0.39, 0.29) is 24.3 Å². The summed E-state index contributed by atoms with van der Waals surface area (Å²) in [5.74, 6) is -0.612. The minimum absolute atomic E-state index is 0.0831. The maximum Gasteiger partial charge on any atom is 0.307 e. The van der Waals surface area contributed by atoms with Crippen LogP contribution in [0.25, 0.3) is 21.0 Å². The Morgan fingerprint density at radius 3 is 2.67 bits per heavy atom. The summed E-state index contributed by atoms with van der Waals surface area (Å²) >= 11 is 1.56. The van der Waals surface area contributed by atoms with E-state index in [4.69, 9.17) is 4.74 Å². The van der Waals surface area contributed by atoms with Crippen LogP contribution in [0.3, 0.4) is 0 Å². The van der Waals surface area contributed by atoms with Crippen LogP contribution in [-0.4, -0.2) is 53.3 Å². The van der Waals surface area contributed by atoms with Crippen molar-refractivity contribution < 1.29 is 19.0 Å². The molecule has 0 atom stereocenters. The van der Waals surface area contributed by atoms with E-state index < -0.39 is 5.56 Å². The van der Waals surface area contributed by atoms with Crippen molar-refractivity contribution in [3.63, 3.8) is 0 Å². The summed E-state index contributed by atoms with van der Waals surface area (Å²) in [6, 6.07) is 12.1. The van der Waals surface area contributed by atoms with E-state index in [0.717, 1.165) is 85.8 Å². The number of hydrogen-bond donors (Lipinski definition) is 1. The first-order chi connectivity index (χ1) is 18.9. The average molecular weight is 552 g/mol. The van der Waals surface area contributed by atoms with Crippen molar-refractivity contribution in [3.05, 3.63) is 69.6 Å². The number of nitrogens with zero attached hydrogens (tertiary/aromatic N) is 3. The van der Waals surface area contributed by atoms with E-state index in [9.17, 15) is 19.1 Å². The van der Waals surface area contributed by atoms with Gasteiger partial charge in [-0.1, -0.05) is 25.8 Å². The molecule has 9 heteroatoms. The molecule has 2 aromatic heterocycles. The van der Waals surface area contributed by atoms with E-state index in [1.165, 1.54) is 4.57 Å². The summed E-state index contributed by atoms with van der Waals surface area (Å²) in [6.07, 6.45) is 3.83. The highest BCUT2D eigenvalue weighted by atomic mass is 32.1. The smallest absolute Gasteiger partial charge is 0.307 e. The first-order valence-corrected chi connectivity index (χ1v) is 14.5. The van der Waals surface area contributed by atoms with Crippen LogP contribution in [0.1, 0.15) is 38.2 Å². The Bertz CT molecular complexity index is 1520. The second kappa shape index (κ2) is 12.2. The number of fused-ring (bicyclic) bond motifs is 2. The molecule has 206 valence electrons. The number of carbonyl (C=O) groups is 1. The summed E-state index contributed by atoms with van der Waals surface area (Å²) in [7, 11) is 0. The number of aromatic nitrogens is 1. The molecule has 0 amide bonds. The number of benzene rings is 2. The average Bonchev–Trinajstić information content (AvgIpc) is 3.40. The van der Waals surface area contributed by atoms with Gasteiger partial charge in [0.05, 0.1) is 5.52 Å². The Labute approximate surface area is 231 Å². The molecule has 1 fully saturated rings. The monoisotopic (exact) mass is 551 g/mol. The van der Waals surface area contributed by atoms with Crippen molar-refractivity contribution in [2.24, 2.45) is 0 Å². The van der Waals surface area contributed by atoms with Gasteiger partial charge in [0.2, 0.25) is 0 Å². The summed E-state index contributed by atoms with van der Waals surface area (Å²) in [6.45, 7) is 6.12. The molecule has 4 aromatic rings. The van der Waals surface area contributed by atoms with E-state index >= 15 is 0 Å². The fourth-order valence-corrected chi connectivity index (χ4v) is 6.04. The predicted molar refractivity (Wildman–Crippen MR) is 154 cm³/mol. The van der Waals surface area contributed by atoms with E-state index in [1.807, 2.05) is 23.6 Å². The highest BCUT2D eigenvalue weighted by Gasteiger charge is 2.20. The van der Waals surface area contributed by atoms with Crippen LogP contribution in [-0.2, 0) is 22.7 Å². The second-order valence-corrected chi connectivity index (χ2v) is 11.0. The fraction of sp³-hybridized carbons (Fsp3) is 0.400. The first-order valence-electron chi connectivity index (χ1n) is 13.6. The highest BCUT2D eigenvalue weighted by Crippen LogP contribution is 2.32. The van der Waals surface area contributed by atoms with Gasteiger partial charge in [-0.05, 0) is 54.1 Å². The second-order valence-electron chi connectivity index (χ2n) is 10.1. The lowest BCUT2D eigenvalue weighted by Gasteiger charge is -2.36. The molecule has 0 unspecified atom stereocenters. The number of unbranched alkanes of at least 4 members (excludes halogenated alkanes) is 2. The van der Waals surface area contributed by atoms with Crippen LogP contribution in [0.15, 0.2) is 52.6 Å². The number of hydrogen-bond acceptors (Lipinski definition) is 7. The van der Waals surface area contributed by atoms with Crippen LogP contribution >= 0.6 is 11.3 Å². The van der Waals surface area contributed by atoms with E-state index in [1.54, 1.807) is 23.5 Å². The molecular formula is C30H34FN3O4S. The van der Waals surface area contributed by atoms with Crippen molar-refractivity contribution in [1.82, 2.24) is 9.47 Å². The van der Waals surface area contributed by atoms with Gasteiger partial charge in [-0.2, -0.15) is 0 Å². The highest BCUT2D eigenvalue weighted by molar-refractivity contribution is 7.17. The number of halogens is 1. The third-order valence-electron chi connectivity index (χ3n) is 7.44. The Morgan fingerprint density at radius 1 is 1.05 bits per heavy atom. The van der Waals surface area contributed by atoms with Crippen molar-refractivity contribution in [1.29, 1.82) is 0 Å². The minimum Gasteiger partial charge on any atom is -0.507 e. The molecular weight excluding hydrogens is 517 g/mol. The zero-order valence-corrected chi connectivity index (χ0v) is 23.0. The van der Waals surface area contributed by atoms with Gasteiger partial charge in [0, 0.05) is 66.4 Å². The third kappa shape index (κ3) is 6.25. The van der Waals surface area contributed by atoms with Crippen LogP contribution < -0.4 is 10.5 Å². The molecule has 39 heavy (non-hydrogen) atoms. The molecule has 7 nitrogen and oxygen atoms in total. The molecule has 5 rings (SSSR count). The van der Waals surface area contributed by atoms with Gasteiger partial charge in [0.15, 0.2) is 6.73 Å². The number of carbonyl (C=O) groups excluding carboxylic acids is 1. The Kier molecular flexibility index (Phi) is 8.47. The number of thiophene rings is 1. The first kappa shape index (κ1) is 27.1. The lowest BCUT2D eigenvalue weighted by molar-refractivity contribution is -0.147. The van der Waals surface area contributed by atoms with Crippen molar-refractivity contribution in [2.45, 2.75) is 45.8 Å². The summed E-state index contributed by atoms with van der Waals surface area (Å²) < 4.78 is 21.9. The summed E-state index contributed by atoms with van der Waals surface area (Å²) in [5, 5.41) is 14.0. The van der Waals surface area contributed by atoms with Gasteiger partial charge < -0.3 is 14.7 Å². The lowest BCUT2D eigenvalue weighted by Crippen LogP contribution is -2.47. The standard InChI is InChI=1S/C30H34FN3O4S/c1-2-3-4-5-30(37)38-20-34-26-16-21(6-7-23(26)27(35)19-29(34)36)8-10-32-11-13-33(14-12-32)25-17-22(31)18-28-24(25)9-15-39-28/h6-7,9,15-19,35H,2-5,8,10-14,20H2,1H3. The van der Waals surface area contributed by atoms with Gasteiger partial charge in [0.25, 0.3) is 5.56 Å². The number of esters is 1. The lowest BCUT2D eigenvalue weighted by atomic mass is 10.1. The number of ether oxygens (including phenoxy) is 1. The van der Waals surface area contributed by atoms with E-state index in [2.05, 4.69) is 22.8 Å². The third-order valence-corrected chi connectivity index (χ3v) is 8.30. The number of piperazine rings is 1. The van der Waals surface area contributed by atoms with E-state index in [0.29, 0.717) is 17.3 Å². The van der Waals surface area contributed by atoms with Crippen molar-refractivity contribution in [3.8, 4) is 5.75 Å². The van der Waals surface area contributed by atoms with Crippen molar-refractivity contribution >= 4 is 44.0 Å². The Balaban J connectivity index is 1.23. The maximum absolute atomic E-state index is 14.2. The van der Waals surface area contributed by atoms with Gasteiger partial charge in [-0.3, -0.25) is 19.1 Å². The summed E-state index contributed by atoms with van der Waals surface area (Å²) in [4.78, 5) is 29.4. The van der Waals surface area contributed by atoms with Gasteiger partial charge in [-0.25, -0.2) is 4.39 Å². The molecule has 2 aromatic carbocycles. The Hall–Kier alpha value is -3.43. The van der Waals surface area contributed by atoms with Crippen LogP contribution in [0.4, 0.5) is 10.1 Å². The normalized spacial score (nSPS) is 14.4. The quantitative estimate of drug-likeness (QED) is 0.207. The number of pyridine rings is 1. The zero-order chi connectivity index (χ0) is 27.4. The maximum atomic E-state index is 14.2. The number of aromatic hydroxyl groups is 1. The molecule has 0 bridgehead atoms. The molecule has 0 saturated carbocycles. The molecule has 0 spiro atoms. The summed E-state index contributed by atoms with van der Waals surface area (Å²) in [5.41, 5.74) is 2.13. The number of anilines is 1. The molecule has 0 aliphatic carbocycles. The Morgan fingerprint density at radius 2 is 1.87 bits per heavy atom. The van der Waals surface area contributed by atoms with Crippen LogP contribution in [0.2, 0.25) is 0 Å². The number of rotatable bonds is 10. The van der Waals surface area contributed by atoms with Crippen molar-refractivity contribution in [2.75, 3.05) is 37.6 Å².